The highest BCUT2D eigenvalue weighted by Crippen LogP contribution is 2.32. The molecule has 1 saturated heterocycles. The van der Waals surface area contributed by atoms with E-state index in [1.165, 1.54) is 25.2 Å². The molecule has 14 nitrogen and oxygen atoms in total. The van der Waals surface area contributed by atoms with Crippen LogP contribution >= 0.6 is 0 Å². The summed E-state index contributed by atoms with van der Waals surface area (Å²) in [6.07, 6.45) is 0.128. The molecular formula is C35H45N3O11. The van der Waals surface area contributed by atoms with Gasteiger partial charge in [-0.2, -0.15) is 0 Å². The van der Waals surface area contributed by atoms with Crippen LogP contribution in [0.25, 0.3) is 0 Å². The number of pyridine rings is 1. The summed E-state index contributed by atoms with van der Waals surface area (Å²) in [5, 5.41) is 22.5. The summed E-state index contributed by atoms with van der Waals surface area (Å²) >= 11 is 0. The first-order chi connectivity index (χ1) is 23.3. The number of hydrogen-bond acceptors (Lipinski definition) is 11. The van der Waals surface area contributed by atoms with Gasteiger partial charge in [0.2, 0.25) is 5.91 Å². The largest absolute Gasteiger partial charge is 0.493 e. The SMILES string of the molecule is C=CC(=O)OCC(C)(C)C(O)C(=O)N1CCCC[C@H]1C(=O)O[C@H](CCc1ccc(OC)c(OC)c1)c1cccc(NC(=O)CCC(=O)O)n1. The third-order valence-electron chi connectivity index (χ3n) is 8.12. The van der Waals surface area contributed by atoms with Crippen molar-refractivity contribution < 1.29 is 53.1 Å². The average molecular weight is 684 g/mol. The van der Waals surface area contributed by atoms with Gasteiger partial charge in [-0.25, -0.2) is 14.6 Å². The Morgan fingerprint density at radius 1 is 1.08 bits per heavy atom. The molecule has 14 heteroatoms. The summed E-state index contributed by atoms with van der Waals surface area (Å²) < 4.78 is 21.9. The summed E-state index contributed by atoms with van der Waals surface area (Å²) in [6.45, 7) is 6.46. The van der Waals surface area contributed by atoms with Crippen molar-refractivity contribution in [3.63, 3.8) is 0 Å². The van der Waals surface area contributed by atoms with Gasteiger partial charge >= 0.3 is 17.9 Å². The van der Waals surface area contributed by atoms with E-state index in [0.717, 1.165) is 11.6 Å². The summed E-state index contributed by atoms with van der Waals surface area (Å²) in [5.74, 6) is -2.49. The zero-order valence-corrected chi connectivity index (χ0v) is 28.3. The van der Waals surface area contributed by atoms with Gasteiger partial charge in [0.25, 0.3) is 5.91 Å². The lowest BCUT2D eigenvalue weighted by atomic mass is 9.85. The quantitative estimate of drug-likeness (QED) is 0.162. The summed E-state index contributed by atoms with van der Waals surface area (Å²) in [4.78, 5) is 68.1. The molecule has 266 valence electrons. The number of carboxylic acids is 1. The fraction of sp³-hybridized carbons (Fsp3) is 0.486. The Bertz CT molecular complexity index is 1510. The molecule has 2 aromatic rings. The minimum Gasteiger partial charge on any atom is -0.493 e. The predicted molar refractivity (Wildman–Crippen MR) is 177 cm³/mol. The second-order valence-electron chi connectivity index (χ2n) is 12.3. The molecule has 1 fully saturated rings. The van der Waals surface area contributed by atoms with Crippen molar-refractivity contribution in [1.82, 2.24) is 9.88 Å². The van der Waals surface area contributed by atoms with Crippen LogP contribution in [-0.4, -0.2) is 89.3 Å². The predicted octanol–water partition coefficient (Wildman–Crippen LogP) is 3.62. The number of anilines is 1. The number of carboxylic acid groups (broad SMARTS) is 1. The molecule has 3 rings (SSSR count). The van der Waals surface area contributed by atoms with E-state index in [9.17, 15) is 29.1 Å². The van der Waals surface area contributed by atoms with E-state index in [1.54, 1.807) is 38.1 Å². The minimum absolute atomic E-state index is 0.150. The number of aromatic nitrogens is 1. The van der Waals surface area contributed by atoms with Crippen molar-refractivity contribution in [2.75, 3.05) is 32.7 Å². The van der Waals surface area contributed by atoms with Crippen molar-refractivity contribution >= 4 is 35.5 Å². The highest BCUT2D eigenvalue weighted by atomic mass is 16.5. The summed E-state index contributed by atoms with van der Waals surface area (Å²) in [6, 6.07) is 9.22. The molecule has 1 aromatic heterocycles. The molecule has 0 radical (unpaired) electrons. The molecule has 1 aliphatic rings. The number of likely N-dealkylation sites (tertiary alicyclic amines) is 1. The fourth-order valence-electron chi connectivity index (χ4n) is 5.27. The number of methoxy groups -OCH3 is 2. The second kappa shape index (κ2) is 18.0. The monoisotopic (exact) mass is 683 g/mol. The van der Waals surface area contributed by atoms with Crippen LogP contribution < -0.4 is 14.8 Å². The first kappa shape index (κ1) is 38.5. The number of nitrogens with one attached hydrogen (secondary N) is 1. The number of benzene rings is 1. The molecule has 3 atom stereocenters. The van der Waals surface area contributed by atoms with Gasteiger partial charge in [-0.15, -0.1) is 0 Å². The number of aliphatic carboxylic acids is 1. The maximum Gasteiger partial charge on any atom is 0.330 e. The number of aryl methyl sites for hydroxylation is 1. The van der Waals surface area contributed by atoms with Crippen LogP contribution in [0.3, 0.4) is 0 Å². The van der Waals surface area contributed by atoms with Crippen LogP contribution in [0.2, 0.25) is 0 Å². The van der Waals surface area contributed by atoms with Gasteiger partial charge < -0.3 is 39.4 Å². The van der Waals surface area contributed by atoms with Crippen molar-refractivity contribution in [2.45, 2.75) is 77.0 Å². The third-order valence-corrected chi connectivity index (χ3v) is 8.12. The standard InChI is InChI=1S/C35H45N3O11/c1-6-31(42)48-21-35(2,3)32(43)33(44)38-19-8-7-11-24(38)34(45)49-25(15-13-22-14-16-26(46-4)27(20-22)47-5)23-10-9-12-28(36-23)37-29(39)17-18-30(40)41/h6,9-10,12,14,16,20,24-25,32,43H,1,7-8,11,13,15,17-19,21H2,2-5H3,(H,40,41)(H,36,37,39)/t24-,25+,32?/m0/s1. The maximum absolute atomic E-state index is 13.9. The van der Waals surface area contributed by atoms with Gasteiger partial charge in [0, 0.05) is 24.5 Å². The molecule has 3 N–H and O–H groups in total. The number of aliphatic hydroxyl groups is 1. The Morgan fingerprint density at radius 2 is 1.82 bits per heavy atom. The lowest BCUT2D eigenvalue weighted by Crippen LogP contribution is -2.55. The van der Waals surface area contributed by atoms with Gasteiger partial charge in [-0.05, 0) is 61.9 Å². The van der Waals surface area contributed by atoms with Crippen molar-refractivity contribution in [3.8, 4) is 11.5 Å². The van der Waals surface area contributed by atoms with Crippen LogP contribution in [0.15, 0.2) is 49.1 Å². The topological polar surface area (TPSA) is 191 Å². The van der Waals surface area contributed by atoms with Crippen molar-refractivity contribution in [3.05, 3.63) is 60.3 Å². The van der Waals surface area contributed by atoms with E-state index >= 15 is 0 Å². The van der Waals surface area contributed by atoms with E-state index in [2.05, 4.69) is 16.9 Å². The normalized spacial score (nSPS) is 15.7. The average Bonchev–Trinajstić information content (AvgIpc) is 3.10. The van der Waals surface area contributed by atoms with Crippen molar-refractivity contribution in [2.24, 2.45) is 5.41 Å². The Balaban J connectivity index is 1.86. The van der Waals surface area contributed by atoms with E-state index < -0.39 is 53.4 Å². The van der Waals surface area contributed by atoms with Gasteiger partial charge in [0.05, 0.1) is 32.9 Å². The molecule has 49 heavy (non-hydrogen) atoms. The minimum atomic E-state index is -1.58. The molecule has 0 aliphatic carbocycles. The van der Waals surface area contributed by atoms with Crippen LogP contribution in [0.1, 0.15) is 69.7 Å². The number of nitrogens with zero attached hydrogens (tertiary/aromatic N) is 2. The first-order valence-electron chi connectivity index (χ1n) is 16.0. The number of amides is 2. The summed E-state index contributed by atoms with van der Waals surface area (Å²) in [5.41, 5.74) is 0.0145. The van der Waals surface area contributed by atoms with Crippen LogP contribution in [0.4, 0.5) is 5.82 Å². The van der Waals surface area contributed by atoms with Gasteiger partial charge in [0.15, 0.2) is 11.5 Å². The third kappa shape index (κ3) is 11.0. The first-order valence-corrected chi connectivity index (χ1v) is 16.0. The van der Waals surface area contributed by atoms with E-state index in [0.29, 0.717) is 42.9 Å². The molecule has 0 saturated carbocycles. The molecule has 1 aliphatic heterocycles. The zero-order chi connectivity index (χ0) is 36.1. The lowest BCUT2D eigenvalue weighted by Gasteiger charge is -2.39. The highest BCUT2D eigenvalue weighted by Gasteiger charge is 2.42. The van der Waals surface area contributed by atoms with E-state index in [1.807, 2.05) is 6.07 Å². The Kier molecular flexibility index (Phi) is 14.1. The smallest absolute Gasteiger partial charge is 0.330 e. The Hall–Kier alpha value is -4.98. The molecule has 2 heterocycles. The number of hydrogen-bond donors (Lipinski definition) is 3. The number of rotatable bonds is 17. The van der Waals surface area contributed by atoms with E-state index in [4.69, 9.17) is 24.1 Å². The number of ether oxygens (including phenoxy) is 4. The number of esters is 2. The fourth-order valence-corrected chi connectivity index (χ4v) is 5.27. The molecule has 0 bridgehead atoms. The van der Waals surface area contributed by atoms with Gasteiger partial charge in [-0.1, -0.05) is 32.6 Å². The summed E-state index contributed by atoms with van der Waals surface area (Å²) in [7, 11) is 3.05. The molecule has 2 amide bonds. The lowest BCUT2D eigenvalue weighted by molar-refractivity contribution is -0.168. The van der Waals surface area contributed by atoms with E-state index in [-0.39, 0.29) is 38.2 Å². The Labute approximate surface area is 285 Å². The van der Waals surface area contributed by atoms with Crippen LogP contribution in [-0.2, 0) is 39.9 Å². The molecular weight excluding hydrogens is 638 g/mol. The van der Waals surface area contributed by atoms with Crippen molar-refractivity contribution in [1.29, 1.82) is 0 Å². The molecule has 0 spiro atoms. The molecule has 1 aromatic carbocycles. The Morgan fingerprint density at radius 3 is 2.49 bits per heavy atom. The van der Waals surface area contributed by atoms with Crippen LogP contribution in [0, 0.1) is 5.41 Å². The zero-order valence-electron chi connectivity index (χ0n) is 28.3. The highest BCUT2D eigenvalue weighted by molar-refractivity contribution is 5.91. The second-order valence-corrected chi connectivity index (χ2v) is 12.3. The van der Waals surface area contributed by atoms with Crippen LogP contribution in [0.5, 0.6) is 11.5 Å². The number of piperidine rings is 1. The van der Waals surface area contributed by atoms with Gasteiger partial charge in [-0.3, -0.25) is 14.4 Å². The number of carbonyl (C=O) groups is 5. The maximum atomic E-state index is 13.9. The van der Waals surface area contributed by atoms with Gasteiger partial charge in [0.1, 0.15) is 24.1 Å². The number of carbonyl (C=O) groups excluding carboxylic acids is 4. The molecule has 1 unspecified atom stereocenters. The number of aliphatic hydroxyl groups excluding tert-OH is 1.